The van der Waals surface area contributed by atoms with E-state index in [4.69, 9.17) is 0 Å². The summed E-state index contributed by atoms with van der Waals surface area (Å²) in [6, 6.07) is 8.41. The molecule has 1 aliphatic rings. The monoisotopic (exact) mass is 183 g/mol. The molecule has 2 rings (SSSR count). The lowest BCUT2D eigenvalue weighted by molar-refractivity contribution is 1.27. The third kappa shape index (κ3) is 2.15. The van der Waals surface area contributed by atoms with Crippen molar-refractivity contribution in [3.8, 4) is 0 Å². The second kappa shape index (κ2) is 3.99. The van der Waals surface area contributed by atoms with Gasteiger partial charge in [-0.25, -0.2) is 0 Å². The minimum atomic E-state index is 0.843. The molecule has 0 bridgehead atoms. The Kier molecular flexibility index (Phi) is 2.53. The van der Waals surface area contributed by atoms with Gasteiger partial charge in [0.1, 0.15) is 0 Å². The van der Waals surface area contributed by atoms with E-state index < -0.39 is 0 Å². The van der Waals surface area contributed by atoms with E-state index in [1.807, 2.05) is 12.2 Å². The summed E-state index contributed by atoms with van der Waals surface area (Å²) in [4.78, 5) is 0. The molecule has 0 heterocycles. The molecule has 0 saturated heterocycles. The maximum absolute atomic E-state index is 3.34. The van der Waals surface area contributed by atoms with Gasteiger partial charge in [-0.1, -0.05) is 23.8 Å². The molecule has 0 spiro atoms. The Hall–Kier alpha value is -1.72. The Balaban J connectivity index is 1.95. The Morgan fingerprint density at radius 1 is 1.21 bits per heavy atom. The Bertz CT molecular complexity index is 403. The molecule has 0 unspecified atom stereocenters. The van der Waals surface area contributed by atoms with Gasteiger partial charge < -0.3 is 5.32 Å². The quantitative estimate of drug-likeness (QED) is 0.710. The van der Waals surface area contributed by atoms with Crippen LogP contribution >= 0.6 is 0 Å². The molecule has 0 amide bonds. The molecule has 0 radical (unpaired) electrons. The number of anilines is 1. The normalized spacial score (nSPS) is 13.1. The third-order valence-corrected chi connectivity index (χ3v) is 2.20. The summed E-state index contributed by atoms with van der Waals surface area (Å²) in [6.45, 7) is 2.94. The van der Waals surface area contributed by atoms with Crippen molar-refractivity contribution >= 4 is 5.69 Å². The lowest BCUT2D eigenvalue weighted by Gasteiger charge is -2.05. The van der Waals surface area contributed by atoms with Gasteiger partial charge in [0.25, 0.3) is 0 Å². The molecule has 1 nitrogen and oxygen atoms in total. The summed E-state index contributed by atoms with van der Waals surface area (Å²) < 4.78 is 0. The first-order valence-corrected chi connectivity index (χ1v) is 4.77. The van der Waals surface area contributed by atoms with Crippen LogP contribution in [-0.4, -0.2) is 6.54 Å². The highest BCUT2D eigenvalue weighted by Gasteiger charge is 1.95. The van der Waals surface area contributed by atoms with E-state index in [1.165, 1.54) is 11.1 Å². The van der Waals surface area contributed by atoms with Gasteiger partial charge in [0, 0.05) is 17.8 Å². The Morgan fingerprint density at radius 2 is 2.00 bits per heavy atom. The van der Waals surface area contributed by atoms with Crippen molar-refractivity contribution in [1.29, 1.82) is 0 Å². The first-order chi connectivity index (χ1) is 6.84. The molecular formula is C13H13N. The molecule has 1 aromatic rings. The van der Waals surface area contributed by atoms with Crippen LogP contribution in [-0.2, 0) is 0 Å². The summed E-state index contributed by atoms with van der Waals surface area (Å²) >= 11 is 0. The highest BCUT2D eigenvalue weighted by Crippen LogP contribution is 2.10. The lowest BCUT2D eigenvalue weighted by atomic mass is 10.2. The van der Waals surface area contributed by atoms with E-state index in [9.17, 15) is 0 Å². The van der Waals surface area contributed by atoms with Crippen LogP contribution in [0, 0.1) is 6.92 Å². The van der Waals surface area contributed by atoms with Crippen molar-refractivity contribution in [1.82, 2.24) is 0 Å². The van der Waals surface area contributed by atoms with Crippen molar-refractivity contribution < 1.29 is 0 Å². The first-order valence-electron chi connectivity index (χ1n) is 4.77. The Labute approximate surface area is 84.5 Å². The smallest absolute Gasteiger partial charge is 0.0473 e. The second-order valence-electron chi connectivity index (χ2n) is 3.41. The maximum Gasteiger partial charge on any atom is 0.0473 e. The summed E-state index contributed by atoms with van der Waals surface area (Å²) in [5.41, 5.74) is 6.80. The van der Waals surface area contributed by atoms with Crippen molar-refractivity contribution in [3.63, 3.8) is 0 Å². The van der Waals surface area contributed by atoms with E-state index in [2.05, 4.69) is 48.3 Å². The van der Waals surface area contributed by atoms with Gasteiger partial charge in [-0.05, 0) is 31.2 Å². The largest absolute Gasteiger partial charge is 0.380 e. The summed E-state index contributed by atoms with van der Waals surface area (Å²) in [7, 11) is 0. The molecule has 0 aliphatic heterocycles. The number of hydrogen-bond acceptors (Lipinski definition) is 1. The van der Waals surface area contributed by atoms with Gasteiger partial charge in [0.15, 0.2) is 0 Å². The van der Waals surface area contributed by atoms with E-state index in [0.717, 1.165) is 12.2 Å². The van der Waals surface area contributed by atoms with Gasteiger partial charge in [-0.3, -0.25) is 0 Å². The molecule has 0 atom stereocenters. The van der Waals surface area contributed by atoms with Crippen LogP contribution < -0.4 is 5.32 Å². The van der Waals surface area contributed by atoms with Gasteiger partial charge in [0.2, 0.25) is 0 Å². The minimum Gasteiger partial charge on any atom is -0.380 e. The lowest BCUT2D eigenvalue weighted by Crippen LogP contribution is -2.01. The first kappa shape index (κ1) is 8.86. The molecule has 70 valence electrons. The van der Waals surface area contributed by atoms with Crippen molar-refractivity contribution in [2.24, 2.45) is 0 Å². The SMILES string of the molecule is Cc1ccc(NCC2=C=CC=C2)cc1. The molecule has 1 N–H and O–H groups in total. The molecule has 1 aliphatic carbocycles. The van der Waals surface area contributed by atoms with Crippen LogP contribution in [0.3, 0.4) is 0 Å². The van der Waals surface area contributed by atoms with Gasteiger partial charge in [0.05, 0.1) is 0 Å². The van der Waals surface area contributed by atoms with Crippen molar-refractivity contribution in [2.75, 3.05) is 11.9 Å². The van der Waals surface area contributed by atoms with E-state index in [-0.39, 0.29) is 0 Å². The van der Waals surface area contributed by atoms with Crippen LogP contribution in [0.1, 0.15) is 5.56 Å². The average molecular weight is 183 g/mol. The fourth-order valence-electron chi connectivity index (χ4n) is 1.35. The zero-order valence-corrected chi connectivity index (χ0v) is 8.25. The molecule has 1 heteroatoms. The fourth-order valence-corrected chi connectivity index (χ4v) is 1.35. The predicted octanol–water partition coefficient (Wildman–Crippen LogP) is 3.06. The molecule has 0 aromatic heterocycles. The number of nitrogens with one attached hydrogen (secondary N) is 1. The van der Waals surface area contributed by atoms with Crippen LogP contribution in [0.25, 0.3) is 0 Å². The van der Waals surface area contributed by atoms with Crippen LogP contribution in [0.2, 0.25) is 0 Å². The number of aryl methyl sites for hydroxylation is 1. The van der Waals surface area contributed by atoms with Crippen molar-refractivity contribution in [2.45, 2.75) is 6.92 Å². The Morgan fingerprint density at radius 3 is 2.64 bits per heavy atom. The van der Waals surface area contributed by atoms with E-state index in [1.54, 1.807) is 0 Å². The van der Waals surface area contributed by atoms with E-state index >= 15 is 0 Å². The standard InChI is InChI=1S/C13H13N/c1-11-6-8-13(9-7-11)14-10-12-4-2-3-5-12/h2-4,6-9,14H,10H2,1H3. The van der Waals surface area contributed by atoms with E-state index in [0.29, 0.717) is 0 Å². The number of rotatable bonds is 3. The van der Waals surface area contributed by atoms with Crippen LogP contribution in [0.15, 0.2) is 53.8 Å². The molecule has 1 aromatic carbocycles. The van der Waals surface area contributed by atoms with Gasteiger partial charge in [-0.2, -0.15) is 0 Å². The third-order valence-electron chi connectivity index (χ3n) is 2.20. The predicted molar refractivity (Wildman–Crippen MR) is 60.4 cm³/mol. The molecule has 0 saturated carbocycles. The highest BCUT2D eigenvalue weighted by molar-refractivity contribution is 5.46. The van der Waals surface area contributed by atoms with Gasteiger partial charge in [-0.15, -0.1) is 5.73 Å². The number of allylic oxidation sites excluding steroid dienone is 1. The summed E-state index contributed by atoms with van der Waals surface area (Å²) in [6.07, 6.45) is 6.01. The minimum absolute atomic E-state index is 0.843. The number of benzene rings is 1. The second-order valence-corrected chi connectivity index (χ2v) is 3.41. The maximum atomic E-state index is 3.34. The van der Waals surface area contributed by atoms with Gasteiger partial charge >= 0.3 is 0 Å². The van der Waals surface area contributed by atoms with Crippen molar-refractivity contribution in [3.05, 3.63) is 59.4 Å². The number of hydrogen-bond donors (Lipinski definition) is 1. The topological polar surface area (TPSA) is 12.0 Å². The zero-order chi connectivity index (χ0) is 9.80. The highest BCUT2D eigenvalue weighted by atomic mass is 14.9. The molecule has 14 heavy (non-hydrogen) atoms. The average Bonchev–Trinajstić information content (AvgIpc) is 2.70. The van der Waals surface area contributed by atoms with Crippen LogP contribution in [0.5, 0.6) is 0 Å². The zero-order valence-electron chi connectivity index (χ0n) is 8.25. The molecule has 0 fully saturated rings. The fraction of sp³-hybridized carbons (Fsp3) is 0.154. The summed E-state index contributed by atoms with van der Waals surface area (Å²) in [5, 5.41) is 3.34. The summed E-state index contributed by atoms with van der Waals surface area (Å²) in [5.74, 6) is 0. The molecular weight excluding hydrogens is 170 g/mol. The van der Waals surface area contributed by atoms with Crippen LogP contribution in [0.4, 0.5) is 5.69 Å².